The third-order valence-electron chi connectivity index (χ3n) is 2.20. The summed E-state index contributed by atoms with van der Waals surface area (Å²) in [5, 5.41) is 8.54. The number of thiophene rings is 1. The molecule has 2 rings (SSSR count). The molecule has 1 fully saturated rings. The zero-order chi connectivity index (χ0) is 9.10. The predicted octanol–water partition coefficient (Wildman–Crippen LogP) is 3.00. The standard InChI is InChI=1S/C9H12ClNS2/c10-9-6-13-4-7(9)3-11-8-1-2-12-5-8/h4,6,8,11H,1-3,5H2. The smallest absolute Gasteiger partial charge is 0.0557 e. The van der Waals surface area contributed by atoms with Crippen LogP contribution in [0.2, 0.25) is 5.02 Å². The van der Waals surface area contributed by atoms with Gasteiger partial charge in [-0.1, -0.05) is 11.6 Å². The second-order valence-corrected chi connectivity index (χ2v) is 5.49. The molecular formula is C9H12ClNS2. The molecule has 1 saturated heterocycles. The second kappa shape index (κ2) is 4.69. The molecular weight excluding hydrogens is 222 g/mol. The summed E-state index contributed by atoms with van der Waals surface area (Å²) in [7, 11) is 0. The molecule has 0 radical (unpaired) electrons. The van der Waals surface area contributed by atoms with Crippen LogP contribution in [0.1, 0.15) is 12.0 Å². The third-order valence-corrected chi connectivity index (χ3v) is 4.64. The van der Waals surface area contributed by atoms with Crippen molar-refractivity contribution >= 4 is 34.7 Å². The van der Waals surface area contributed by atoms with Gasteiger partial charge in [-0.25, -0.2) is 0 Å². The van der Waals surface area contributed by atoms with Crippen molar-refractivity contribution in [2.75, 3.05) is 11.5 Å². The minimum Gasteiger partial charge on any atom is -0.309 e. The third kappa shape index (κ3) is 2.62. The van der Waals surface area contributed by atoms with E-state index in [1.165, 1.54) is 23.5 Å². The second-order valence-electron chi connectivity index (χ2n) is 3.19. The van der Waals surface area contributed by atoms with E-state index in [0.29, 0.717) is 6.04 Å². The van der Waals surface area contributed by atoms with Gasteiger partial charge in [0.2, 0.25) is 0 Å². The SMILES string of the molecule is Clc1cscc1CNC1CCSC1. The van der Waals surface area contributed by atoms with Gasteiger partial charge in [0.25, 0.3) is 0 Å². The maximum atomic E-state index is 5.99. The molecule has 0 amide bonds. The lowest BCUT2D eigenvalue weighted by atomic mass is 10.2. The van der Waals surface area contributed by atoms with Gasteiger partial charge in [-0.15, -0.1) is 0 Å². The van der Waals surface area contributed by atoms with Gasteiger partial charge in [0, 0.05) is 23.7 Å². The van der Waals surface area contributed by atoms with E-state index in [-0.39, 0.29) is 0 Å². The predicted molar refractivity (Wildman–Crippen MR) is 61.9 cm³/mol. The summed E-state index contributed by atoms with van der Waals surface area (Å²) < 4.78 is 0. The molecule has 13 heavy (non-hydrogen) atoms. The Bertz CT molecular complexity index is 268. The number of hydrogen-bond acceptors (Lipinski definition) is 3. The van der Waals surface area contributed by atoms with Crippen LogP contribution in [0.5, 0.6) is 0 Å². The Labute approximate surface area is 91.9 Å². The monoisotopic (exact) mass is 233 g/mol. The summed E-state index contributed by atoms with van der Waals surface area (Å²) in [4.78, 5) is 0. The zero-order valence-corrected chi connectivity index (χ0v) is 9.64. The summed E-state index contributed by atoms with van der Waals surface area (Å²) in [6.07, 6.45) is 1.30. The van der Waals surface area contributed by atoms with Crippen molar-refractivity contribution in [2.45, 2.75) is 19.0 Å². The zero-order valence-electron chi connectivity index (χ0n) is 7.25. The molecule has 1 aliphatic heterocycles. The van der Waals surface area contributed by atoms with E-state index < -0.39 is 0 Å². The topological polar surface area (TPSA) is 12.0 Å². The molecule has 1 atom stereocenters. The molecule has 1 unspecified atom stereocenters. The molecule has 0 bridgehead atoms. The first kappa shape index (κ1) is 9.84. The number of thioether (sulfide) groups is 1. The number of nitrogens with one attached hydrogen (secondary N) is 1. The maximum absolute atomic E-state index is 5.99. The molecule has 0 aromatic carbocycles. The molecule has 0 aliphatic carbocycles. The van der Waals surface area contributed by atoms with Gasteiger partial charge in [-0.3, -0.25) is 0 Å². The molecule has 4 heteroatoms. The Balaban J connectivity index is 1.82. The molecule has 1 nitrogen and oxygen atoms in total. The van der Waals surface area contributed by atoms with Crippen LogP contribution in [0.25, 0.3) is 0 Å². The number of halogens is 1. The average molecular weight is 234 g/mol. The van der Waals surface area contributed by atoms with Crippen LogP contribution in [-0.2, 0) is 6.54 Å². The Hall–Kier alpha value is 0.300. The maximum Gasteiger partial charge on any atom is 0.0557 e. The first-order valence-corrected chi connectivity index (χ1v) is 6.85. The molecule has 1 aliphatic rings. The highest BCUT2D eigenvalue weighted by atomic mass is 35.5. The van der Waals surface area contributed by atoms with Crippen molar-refractivity contribution < 1.29 is 0 Å². The van der Waals surface area contributed by atoms with Crippen LogP contribution in [0, 0.1) is 0 Å². The van der Waals surface area contributed by atoms with Gasteiger partial charge in [0.15, 0.2) is 0 Å². The highest BCUT2D eigenvalue weighted by molar-refractivity contribution is 7.99. The molecule has 1 aromatic heterocycles. The summed E-state index contributed by atoms with van der Waals surface area (Å²) in [6.45, 7) is 0.924. The van der Waals surface area contributed by atoms with Gasteiger partial charge in [-0.05, 0) is 23.1 Å². The van der Waals surface area contributed by atoms with E-state index in [4.69, 9.17) is 11.6 Å². The van der Waals surface area contributed by atoms with E-state index in [2.05, 4.69) is 10.7 Å². The van der Waals surface area contributed by atoms with E-state index in [9.17, 15) is 0 Å². The summed E-state index contributed by atoms with van der Waals surface area (Å²) in [5.41, 5.74) is 1.24. The van der Waals surface area contributed by atoms with Gasteiger partial charge >= 0.3 is 0 Å². The fourth-order valence-electron chi connectivity index (χ4n) is 1.38. The normalized spacial score (nSPS) is 22.4. The molecule has 0 spiro atoms. The lowest BCUT2D eigenvalue weighted by Crippen LogP contribution is -2.27. The van der Waals surface area contributed by atoms with Crippen LogP contribution < -0.4 is 5.32 Å². The quantitative estimate of drug-likeness (QED) is 0.862. The van der Waals surface area contributed by atoms with Crippen molar-refractivity contribution in [2.24, 2.45) is 0 Å². The average Bonchev–Trinajstić information content (AvgIpc) is 2.72. The van der Waals surface area contributed by atoms with E-state index in [0.717, 1.165) is 11.6 Å². The lowest BCUT2D eigenvalue weighted by molar-refractivity contribution is 0.558. The first-order chi connectivity index (χ1) is 6.36. The summed E-state index contributed by atoms with van der Waals surface area (Å²) in [5.74, 6) is 2.55. The molecule has 0 saturated carbocycles. The van der Waals surface area contributed by atoms with E-state index in [1.807, 2.05) is 17.1 Å². The van der Waals surface area contributed by atoms with Crippen LogP contribution in [-0.4, -0.2) is 17.5 Å². The van der Waals surface area contributed by atoms with E-state index in [1.54, 1.807) is 11.3 Å². The van der Waals surface area contributed by atoms with Crippen LogP contribution in [0.3, 0.4) is 0 Å². The van der Waals surface area contributed by atoms with Crippen molar-refractivity contribution in [3.05, 3.63) is 21.3 Å². The van der Waals surface area contributed by atoms with Gasteiger partial charge < -0.3 is 5.32 Å². The summed E-state index contributed by atoms with van der Waals surface area (Å²) in [6, 6.07) is 0.695. The molecule has 1 aromatic rings. The van der Waals surface area contributed by atoms with Gasteiger partial charge in [0.1, 0.15) is 0 Å². The summed E-state index contributed by atoms with van der Waals surface area (Å²) >= 11 is 9.69. The Morgan fingerprint density at radius 2 is 2.46 bits per heavy atom. The molecule has 1 N–H and O–H groups in total. The van der Waals surface area contributed by atoms with Crippen LogP contribution in [0.4, 0.5) is 0 Å². The van der Waals surface area contributed by atoms with Gasteiger partial charge in [0.05, 0.1) is 5.02 Å². The Morgan fingerprint density at radius 1 is 1.54 bits per heavy atom. The highest BCUT2D eigenvalue weighted by Crippen LogP contribution is 2.22. The van der Waals surface area contributed by atoms with Crippen molar-refractivity contribution in [1.82, 2.24) is 5.32 Å². The molecule has 72 valence electrons. The van der Waals surface area contributed by atoms with Crippen molar-refractivity contribution in [1.29, 1.82) is 0 Å². The fourth-order valence-corrected chi connectivity index (χ4v) is 3.62. The van der Waals surface area contributed by atoms with E-state index >= 15 is 0 Å². The fraction of sp³-hybridized carbons (Fsp3) is 0.556. The van der Waals surface area contributed by atoms with Gasteiger partial charge in [-0.2, -0.15) is 23.1 Å². The number of hydrogen-bond donors (Lipinski definition) is 1. The first-order valence-electron chi connectivity index (χ1n) is 4.38. The van der Waals surface area contributed by atoms with Crippen molar-refractivity contribution in [3.63, 3.8) is 0 Å². The minimum atomic E-state index is 0.695. The minimum absolute atomic E-state index is 0.695. The Morgan fingerprint density at radius 3 is 3.08 bits per heavy atom. The van der Waals surface area contributed by atoms with Crippen LogP contribution in [0.15, 0.2) is 10.8 Å². The largest absolute Gasteiger partial charge is 0.309 e. The lowest BCUT2D eigenvalue weighted by Gasteiger charge is -2.09. The Kier molecular flexibility index (Phi) is 3.55. The van der Waals surface area contributed by atoms with Crippen molar-refractivity contribution in [3.8, 4) is 0 Å². The molecule has 2 heterocycles. The highest BCUT2D eigenvalue weighted by Gasteiger charge is 2.14. The number of rotatable bonds is 3. The van der Waals surface area contributed by atoms with Crippen LogP contribution >= 0.6 is 34.7 Å².